The molecule has 26 heavy (non-hydrogen) atoms. The molecule has 0 saturated heterocycles. The fourth-order valence-corrected chi connectivity index (χ4v) is 2.90. The van der Waals surface area contributed by atoms with Gasteiger partial charge in [0.1, 0.15) is 11.5 Å². The van der Waals surface area contributed by atoms with Crippen molar-refractivity contribution in [2.75, 3.05) is 0 Å². The molecule has 0 spiro atoms. The predicted molar refractivity (Wildman–Crippen MR) is 81.5 cm³/mol. The monoisotopic (exact) mass is 367 g/mol. The van der Waals surface area contributed by atoms with E-state index in [-0.39, 0.29) is 17.4 Å². The number of halogens is 4. The Morgan fingerprint density at radius 1 is 1.19 bits per heavy atom. The van der Waals surface area contributed by atoms with Crippen LogP contribution in [0.5, 0.6) is 0 Å². The first-order valence-corrected chi connectivity index (χ1v) is 7.83. The van der Waals surface area contributed by atoms with E-state index < -0.39 is 28.8 Å². The van der Waals surface area contributed by atoms with Gasteiger partial charge in [-0.2, -0.15) is 23.3 Å². The first kappa shape index (κ1) is 16.7. The Morgan fingerprint density at radius 3 is 2.54 bits per heavy atom. The average Bonchev–Trinajstić information content (AvgIpc) is 3.19. The van der Waals surface area contributed by atoms with Crippen LogP contribution >= 0.6 is 0 Å². The Bertz CT molecular complexity index is 958. The molecule has 136 valence electrons. The van der Waals surface area contributed by atoms with Crippen LogP contribution in [0.3, 0.4) is 0 Å². The number of aromatic nitrogens is 4. The summed E-state index contributed by atoms with van der Waals surface area (Å²) in [5, 5.41) is 7.41. The van der Waals surface area contributed by atoms with Gasteiger partial charge >= 0.3 is 6.18 Å². The lowest BCUT2D eigenvalue weighted by Crippen LogP contribution is -2.44. The number of nitrogens with two attached hydrogens (primary N) is 1. The lowest BCUT2D eigenvalue weighted by Gasteiger charge is -2.34. The van der Waals surface area contributed by atoms with E-state index in [9.17, 15) is 17.6 Å². The largest absolute Gasteiger partial charge is 0.434 e. The summed E-state index contributed by atoms with van der Waals surface area (Å²) < 4.78 is 60.5. The number of para-hydroxylation sites is 1. The van der Waals surface area contributed by atoms with Gasteiger partial charge in [0.2, 0.25) is 0 Å². The van der Waals surface area contributed by atoms with Crippen molar-refractivity contribution < 1.29 is 22.1 Å². The van der Waals surface area contributed by atoms with Gasteiger partial charge in [0, 0.05) is 0 Å². The topological polar surface area (TPSA) is 82.8 Å². The van der Waals surface area contributed by atoms with Crippen LogP contribution in [0.25, 0.3) is 17.1 Å². The molecule has 0 atom stereocenters. The highest BCUT2D eigenvalue weighted by Gasteiger charge is 2.43. The van der Waals surface area contributed by atoms with Crippen LogP contribution in [0.1, 0.15) is 30.8 Å². The zero-order chi connectivity index (χ0) is 18.5. The molecule has 4 rings (SSSR count). The third kappa shape index (κ3) is 2.57. The van der Waals surface area contributed by atoms with Crippen molar-refractivity contribution in [2.24, 2.45) is 5.73 Å². The Kier molecular flexibility index (Phi) is 3.62. The minimum absolute atomic E-state index is 0.158. The Balaban J connectivity index is 1.84. The zero-order valence-corrected chi connectivity index (χ0v) is 13.3. The second kappa shape index (κ2) is 5.63. The highest BCUT2D eigenvalue weighted by Crippen LogP contribution is 2.40. The molecule has 0 aliphatic heterocycles. The number of rotatable bonds is 3. The van der Waals surface area contributed by atoms with Gasteiger partial charge in [-0.15, -0.1) is 0 Å². The predicted octanol–water partition coefficient (Wildman–Crippen LogP) is 3.42. The van der Waals surface area contributed by atoms with Crippen LogP contribution in [0, 0.1) is 5.82 Å². The maximum Gasteiger partial charge on any atom is 0.434 e. The molecule has 1 aromatic carbocycles. The molecular formula is C16H13F4N5O. The Hall–Kier alpha value is -2.75. The summed E-state index contributed by atoms with van der Waals surface area (Å²) in [5.41, 5.74) is 3.34. The summed E-state index contributed by atoms with van der Waals surface area (Å²) in [6.07, 6.45) is -1.74. The van der Waals surface area contributed by atoms with Gasteiger partial charge in [-0.05, 0) is 31.4 Å². The maximum absolute atomic E-state index is 14.0. The van der Waals surface area contributed by atoms with E-state index in [0.29, 0.717) is 17.5 Å². The van der Waals surface area contributed by atoms with Gasteiger partial charge in [-0.1, -0.05) is 17.3 Å². The maximum atomic E-state index is 14.0. The van der Waals surface area contributed by atoms with Crippen LogP contribution in [0.2, 0.25) is 0 Å². The van der Waals surface area contributed by atoms with Crippen molar-refractivity contribution in [1.82, 2.24) is 19.9 Å². The van der Waals surface area contributed by atoms with Crippen LogP contribution in [-0.2, 0) is 11.7 Å². The molecule has 1 saturated carbocycles. The molecule has 1 aliphatic carbocycles. The Morgan fingerprint density at radius 2 is 1.92 bits per heavy atom. The van der Waals surface area contributed by atoms with Crippen molar-refractivity contribution in [3.8, 4) is 17.1 Å². The normalized spacial score (nSPS) is 16.5. The molecular weight excluding hydrogens is 354 g/mol. The molecule has 6 nitrogen and oxygen atoms in total. The van der Waals surface area contributed by atoms with E-state index in [2.05, 4.69) is 15.2 Å². The first-order chi connectivity index (χ1) is 12.3. The van der Waals surface area contributed by atoms with Gasteiger partial charge < -0.3 is 10.3 Å². The second-order valence-electron chi connectivity index (χ2n) is 6.20. The van der Waals surface area contributed by atoms with E-state index in [0.717, 1.165) is 18.7 Å². The van der Waals surface area contributed by atoms with Crippen molar-refractivity contribution in [2.45, 2.75) is 31.0 Å². The second-order valence-corrected chi connectivity index (χ2v) is 6.20. The molecule has 0 unspecified atom stereocenters. The number of benzene rings is 1. The van der Waals surface area contributed by atoms with Gasteiger partial charge in [0.25, 0.3) is 5.89 Å². The standard InChI is InChI=1S/C16H13F4N5O/c17-10-4-1-2-5-11(10)25-12(16(18,19)20)9(8-22-25)13-23-14(24-26-13)15(21)6-3-7-15/h1-2,4-5,8H,3,6-7,21H2. The summed E-state index contributed by atoms with van der Waals surface area (Å²) in [6, 6.07) is 5.04. The molecule has 2 aromatic heterocycles. The number of hydrogen-bond acceptors (Lipinski definition) is 5. The first-order valence-electron chi connectivity index (χ1n) is 7.83. The zero-order valence-electron chi connectivity index (χ0n) is 13.3. The fraction of sp³-hybridized carbons (Fsp3) is 0.312. The van der Waals surface area contributed by atoms with Crippen molar-refractivity contribution >= 4 is 0 Å². The summed E-state index contributed by atoms with van der Waals surface area (Å²) >= 11 is 0. The minimum Gasteiger partial charge on any atom is -0.334 e. The fourth-order valence-electron chi connectivity index (χ4n) is 2.90. The van der Waals surface area contributed by atoms with E-state index in [4.69, 9.17) is 10.3 Å². The van der Waals surface area contributed by atoms with Crippen LogP contribution in [-0.4, -0.2) is 19.9 Å². The SMILES string of the molecule is NC1(c2noc(-c3cnn(-c4ccccc4F)c3C(F)(F)F)n2)CCC1. The van der Waals surface area contributed by atoms with Crippen molar-refractivity contribution in [3.05, 3.63) is 47.8 Å². The highest BCUT2D eigenvalue weighted by atomic mass is 19.4. The highest BCUT2D eigenvalue weighted by molar-refractivity contribution is 5.58. The molecule has 1 fully saturated rings. The number of alkyl halides is 3. The van der Waals surface area contributed by atoms with Crippen molar-refractivity contribution in [3.63, 3.8) is 0 Å². The van der Waals surface area contributed by atoms with Gasteiger partial charge in [0.05, 0.1) is 17.3 Å². The molecule has 2 heterocycles. The quantitative estimate of drug-likeness (QED) is 0.718. The van der Waals surface area contributed by atoms with Gasteiger partial charge in [-0.25, -0.2) is 9.07 Å². The summed E-state index contributed by atoms with van der Waals surface area (Å²) in [4.78, 5) is 4.03. The van der Waals surface area contributed by atoms with E-state index in [1.54, 1.807) is 0 Å². The van der Waals surface area contributed by atoms with Crippen LogP contribution < -0.4 is 5.73 Å². The number of nitrogens with zero attached hydrogens (tertiary/aromatic N) is 4. The third-order valence-corrected chi connectivity index (χ3v) is 4.47. The van der Waals surface area contributed by atoms with E-state index in [1.807, 2.05) is 0 Å². The molecule has 10 heteroatoms. The smallest absolute Gasteiger partial charge is 0.334 e. The third-order valence-electron chi connectivity index (χ3n) is 4.47. The molecule has 0 radical (unpaired) electrons. The van der Waals surface area contributed by atoms with Gasteiger partial charge in [0.15, 0.2) is 11.5 Å². The Labute approximate surface area is 144 Å². The van der Waals surface area contributed by atoms with E-state index >= 15 is 0 Å². The van der Waals surface area contributed by atoms with Crippen molar-refractivity contribution in [1.29, 1.82) is 0 Å². The number of hydrogen-bond donors (Lipinski definition) is 1. The molecule has 0 amide bonds. The lowest BCUT2D eigenvalue weighted by atomic mass is 9.77. The van der Waals surface area contributed by atoms with Gasteiger partial charge in [-0.3, -0.25) is 0 Å². The summed E-state index contributed by atoms with van der Waals surface area (Å²) in [5.74, 6) is -1.04. The van der Waals surface area contributed by atoms with E-state index in [1.165, 1.54) is 18.2 Å². The average molecular weight is 367 g/mol. The molecule has 0 bridgehead atoms. The molecule has 1 aliphatic rings. The summed E-state index contributed by atoms with van der Waals surface area (Å²) in [6.45, 7) is 0. The lowest BCUT2D eigenvalue weighted by molar-refractivity contribution is -0.142. The molecule has 2 N–H and O–H groups in total. The van der Waals surface area contributed by atoms with Crippen LogP contribution in [0.4, 0.5) is 17.6 Å². The summed E-state index contributed by atoms with van der Waals surface area (Å²) in [7, 11) is 0. The minimum atomic E-state index is -4.82. The van der Waals surface area contributed by atoms with Crippen LogP contribution in [0.15, 0.2) is 35.0 Å². The molecule has 3 aromatic rings.